The summed E-state index contributed by atoms with van der Waals surface area (Å²) in [5.74, 6) is 0.608. The summed E-state index contributed by atoms with van der Waals surface area (Å²) in [4.78, 5) is 2.02. The smallest absolute Gasteiger partial charge is 0.214 e. The van der Waals surface area contributed by atoms with Crippen LogP contribution >= 0.6 is 0 Å². The molecule has 0 aromatic heterocycles. The standard InChI is InChI=1S/C15H35N3O2S/c1-14(2)13-18(11-10-17(5)6)21(19,20)12-8-7-9-16-15(3)4/h14-16H,7-13H2,1-6H3. The average molecular weight is 322 g/mol. The Bertz CT molecular complexity index is 354. The maximum absolute atomic E-state index is 12.5. The van der Waals surface area contributed by atoms with Gasteiger partial charge in [-0.1, -0.05) is 27.7 Å². The van der Waals surface area contributed by atoms with Crippen molar-refractivity contribution >= 4 is 10.0 Å². The monoisotopic (exact) mass is 321 g/mol. The van der Waals surface area contributed by atoms with Crippen LogP contribution < -0.4 is 5.32 Å². The summed E-state index contributed by atoms with van der Waals surface area (Å²) < 4.78 is 26.6. The zero-order chi connectivity index (χ0) is 16.5. The average Bonchev–Trinajstić information content (AvgIpc) is 2.32. The molecular weight excluding hydrogens is 286 g/mol. The summed E-state index contributed by atoms with van der Waals surface area (Å²) in [6.07, 6.45) is 1.62. The third-order valence-corrected chi connectivity index (χ3v) is 5.06. The van der Waals surface area contributed by atoms with E-state index in [0.29, 0.717) is 25.0 Å². The Morgan fingerprint density at radius 3 is 2.10 bits per heavy atom. The first kappa shape index (κ1) is 20.8. The van der Waals surface area contributed by atoms with Crippen molar-refractivity contribution in [1.82, 2.24) is 14.5 Å². The molecule has 1 N–H and O–H groups in total. The maximum Gasteiger partial charge on any atom is 0.214 e. The number of sulfonamides is 1. The molecule has 0 aliphatic carbocycles. The minimum absolute atomic E-state index is 0.257. The first-order chi connectivity index (χ1) is 9.65. The predicted molar refractivity (Wildman–Crippen MR) is 91.1 cm³/mol. The largest absolute Gasteiger partial charge is 0.315 e. The minimum Gasteiger partial charge on any atom is -0.315 e. The second kappa shape index (κ2) is 10.5. The van der Waals surface area contributed by atoms with Gasteiger partial charge in [0.2, 0.25) is 10.0 Å². The molecule has 128 valence electrons. The highest BCUT2D eigenvalue weighted by Gasteiger charge is 2.22. The summed E-state index contributed by atoms with van der Waals surface area (Å²) in [5.41, 5.74) is 0. The number of hydrogen-bond acceptors (Lipinski definition) is 4. The van der Waals surface area contributed by atoms with Gasteiger partial charge in [0.05, 0.1) is 5.75 Å². The second-order valence-corrected chi connectivity index (χ2v) is 8.78. The van der Waals surface area contributed by atoms with Gasteiger partial charge in [0.15, 0.2) is 0 Å². The Labute approximate surface area is 132 Å². The lowest BCUT2D eigenvalue weighted by molar-refractivity contribution is 0.312. The molecule has 21 heavy (non-hydrogen) atoms. The van der Waals surface area contributed by atoms with Crippen LogP contribution in [-0.4, -0.2) is 69.7 Å². The van der Waals surface area contributed by atoms with E-state index >= 15 is 0 Å². The zero-order valence-electron chi connectivity index (χ0n) is 14.7. The van der Waals surface area contributed by atoms with Crippen molar-refractivity contribution in [2.75, 3.05) is 46.0 Å². The van der Waals surface area contributed by atoms with E-state index in [-0.39, 0.29) is 5.75 Å². The van der Waals surface area contributed by atoms with Crippen LogP contribution in [0.3, 0.4) is 0 Å². The van der Waals surface area contributed by atoms with Gasteiger partial charge in [-0.05, 0) is 39.4 Å². The predicted octanol–water partition coefficient (Wildman–Crippen LogP) is 1.61. The lowest BCUT2D eigenvalue weighted by atomic mass is 10.2. The zero-order valence-corrected chi connectivity index (χ0v) is 15.5. The Hall–Kier alpha value is -0.170. The van der Waals surface area contributed by atoms with Crippen LogP contribution in [0.1, 0.15) is 40.5 Å². The van der Waals surface area contributed by atoms with E-state index < -0.39 is 10.0 Å². The maximum atomic E-state index is 12.5. The van der Waals surface area contributed by atoms with Crippen molar-refractivity contribution in [1.29, 1.82) is 0 Å². The normalized spacial score (nSPS) is 13.0. The minimum atomic E-state index is -3.13. The molecule has 0 saturated carbocycles. The third kappa shape index (κ3) is 11.1. The van der Waals surface area contributed by atoms with Crippen molar-refractivity contribution in [3.8, 4) is 0 Å². The van der Waals surface area contributed by atoms with Crippen molar-refractivity contribution in [2.24, 2.45) is 5.92 Å². The van der Waals surface area contributed by atoms with Gasteiger partial charge in [-0.2, -0.15) is 0 Å². The Morgan fingerprint density at radius 2 is 1.62 bits per heavy atom. The van der Waals surface area contributed by atoms with Gasteiger partial charge in [-0.15, -0.1) is 0 Å². The molecule has 0 fully saturated rings. The van der Waals surface area contributed by atoms with Crippen LogP contribution in [0, 0.1) is 5.92 Å². The van der Waals surface area contributed by atoms with Crippen LogP contribution in [0.5, 0.6) is 0 Å². The molecule has 0 amide bonds. The van der Waals surface area contributed by atoms with Crippen molar-refractivity contribution in [2.45, 2.75) is 46.6 Å². The van der Waals surface area contributed by atoms with E-state index in [1.165, 1.54) is 0 Å². The van der Waals surface area contributed by atoms with E-state index in [1.807, 2.05) is 19.0 Å². The van der Waals surface area contributed by atoms with Crippen LogP contribution in [0.25, 0.3) is 0 Å². The summed E-state index contributed by atoms with van der Waals surface area (Å²) in [6, 6.07) is 0.458. The third-order valence-electron chi connectivity index (χ3n) is 3.14. The molecule has 0 rings (SSSR count). The van der Waals surface area contributed by atoms with E-state index in [0.717, 1.165) is 25.9 Å². The number of likely N-dealkylation sites (N-methyl/N-ethyl adjacent to an activating group) is 1. The molecule has 0 unspecified atom stereocenters. The van der Waals surface area contributed by atoms with E-state index in [2.05, 4.69) is 33.0 Å². The number of hydrogen-bond donors (Lipinski definition) is 1. The molecule has 0 heterocycles. The topological polar surface area (TPSA) is 52.7 Å². The molecular formula is C15H35N3O2S. The molecule has 0 aliphatic heterocycles. The Morgan fingerprint density at radius 1 is 1.00 bits per heavy atom. The highest BCUT2D eigenvalue weighted by atomic mass is 32.2. The van der Waals surface area contributed by atoms with Crippen molar-refractivity contribution < 1.29 is 8.42 Å². The molecule has 0 bridgehead atoms. The molecule has 0 aromatic rings. The Balaban J connectivity index is 4.34. The number of unbranched alkanes of at least 4 members (excludes halogenated alkanes) is 1. The van der Waals surface area contributed by atoms with Crippen LogP contribution in [0.4, 0.5) is 0 Å². The lowest BCUT2D eigenvalue weighted by Crippen LogP contribution is -2.40. The fourth-order valence-corrected chi connectivity index (χ4v) is 3.70. The SMILES string of the molecule is CC(C)CN(CCN(C)C)S(=O)(=O)CCCCNC(C)C. The first-order valence-corrected chi connectivity index (χ1v) is 9.62. The molecule has 0 radical (unpaired) electrons. The van der Waals surface area contributed by atoms with Crippen LogP contribution in [0.15, 0.2) is 0 Å². The fourth-order valence-electron chi connectivity index (χ4n) is 1.99. The summed E-state index contributed by atoms with van der Waals surface area (Å²) in [7, 11) is 0.805. The number of nitrogens with zero attached hydrogens (tertiary/aromatic N) is 2. The number of nitrogens with one attached hydrogen (secondary N) is 1. The summed E-state index contributed by atoms with van der Waals surface area (Å²) in [6.45, 7) is 11.2. The molecule has 0 saturated heterocycles. The highest BCUT2D eigenvalue weighted by Crippen LogP contribution is 2.09. The van der Waals surface area contributed by atoms with Gasteiger partial charge in [0.25, 0.3) is 0 Å². The van der Waals surface area contributed by atoms with Gasteiger partial charge in [-0.25, -0.2) is 12.7 Å². The van der Waals surface area contributed by atoms with Gasteiger partial charge >= 0.3 is 0 Å². The first-order valence-electron chi connectivity index (χ1n) is 8.01. The molecule has 6 heteroatoms. The summed E-state index contributed by atoms with van der Waals surface area (Å²) in [5, 5.41) is 3.32. The van der Waals surface area contributed by atoms with Gasteiger partial charge in [-0.3, -0.25) is 0 Å². The quantitative estimate of drug-likeness (QED) is 0.555. The van der Waals surface area contributed by atoms with Crippen molar-refractivity contribution in [3.63, 3.8) is 0 Å². The summed E-state index contributed by atoms with van der Waals surface area (Å²) >= 11 is 0. The number of rotatable bonds is 12. The van der Waals surface area contributed by atoms with Crippen LogP contribution in [0.2, 0.25) is 0 Å². The molecule has 0 spiro atoms. The van der Waals surface area contributed by atoms with Gasteiger partial charge in [0.1, 0.15) is 0 Å². The van der Waals surface area contributed by atoms with Gasteiger partial charge in [0, 0.05) is 25.7 Å². The van der Waals surface area contributed by atoms with Crippen LogP contribution in [-0.2, 0) is 10.0 Å². The Kier molecular flexibility index (Phi) is 10.5. The van der Waals surface area contributed by atoms with E-state index in [4.69, 9.17) is 0 Å². The lowest BCUT2D eigenvalue weighted by Gasteiger charge is -2.25. The van der Waals surface area contributed by atoms with E-state index in [1.54, 1.807) is 4.31 Å². The molecule has 5 nitrogen and oxygen atoms in total. The van der Waals surface area contributed by atoms with Gasteiger partial charge < -0.3 is 10.2 Å². The second-order valence-electron chi connectivity index (χ2n) is 6.69. The fraction of sp³-hybridized carbons (Fsp3) is 1.00. The molecule has 0 aromatic carbocycles. The highest BCUT2D eigenvalue weighted by molar-refractivity contribution is 7.89. The molecule has 0 atom stereocenters. The van der Waals surface area contributed by atoms with Crippen molar-refractivity contribution in [3.05, 3.63) is 0 Å². The molecule has 0 aliphatic rings. The van der Waals surface area contributed by atoms with E-state index in [9.17, 15) is 8.42 Å².